The predicted molar refractivity (Wildman–Crippen MR) is 209 cm³/mol. The highest BCUT2D eigenvalue weighted by atomic mass is 16.5. The monoisotopic (exact) mass is 729 g/mol. The van der Waals surface area contributed by atoms with Crippen LogP contribution >= 0.6 is 0 Å². The number of amides is 4. The van der Waals surface area contributed by atoms with Crippen molar-refractivity contribution in [1.82, 2.24) is 0 Å². The van der Waals surface area contributed by atoms with E-state index in [1.807, 2.05) is 91.9 Å². The standard InChI is InChI=1S/C46H39N3O6/c1-46-38(43(52)49(45(46)54)31-15-9-4-10-16-31)26-37-34(41(46)35-22-21-33(25-39(35)50)55-27-28-11-5-2-6-12-28)23-24-36-40(37)44(53)48(42(36)51)32-19-17-30(18-20-32)47-29-13-7-3-8-14-29/h2-23,25,36-38,40-41,47,50H,24,26-27H2,1H3. The maximum absolute atomic E-state index is 14.7. The van der Waals surface area contributed by atoms with Gasteiger partial charge in [0.25, 0.3) is 0 Å². The quantitative estimate of drug-likeness (QED) is 0.122. The minimum Gasteiger partial charge on any atom is -0.508 e. The molecule has 3 fully saturated rings. The highest BCUT2D eigenvalue weighted by Crippen LogP contribution is 2.64. The number of ether oxygens (including phenoxy) is 1. The second kappa shape index (κ2) is 13.4. The van der Waals surface area contributed by atoms with Crippen molar-refractivity contribution in [3.63, 3.8) is 0 Å². The molecule has 9 heteroatoms. The van der Waals surface area contributed by atoms with Gasteiger partial charge in [-0.15, -0.1) is 0 Å². The zero-order chi connectivity index (χ0) is 37.8. The SMILES string of the molecule is CC12C(=O)N(c3ccccc3)C(=O)C1CC1C(=CCC3C(=O)N(c4ccc(Nc5ccccc5)cc4)C(=O)C31)C2c1ccc(OCc2ccccc2)cc1O. The van der Waals surface area contributed by atoms with Crippen LogP contribution in [0.15, 0.2) is 145 Å². The zero-order valence-corrected chi connectivity index (χ0v) is 30.2. The molecular weight excluding hydrogens is 691 g/mol. The summed E-state index contributed by atoms with van der Waals surface area (Å²) in [5, 5.41) is 15.1. The molecule has 0 spiro atoms. The Bertz CT molecular complexity index is 2350. The lowest BCUT2D eigenvalue weighted by Crippen LogP contribution is -2.48. The van der Waals surface area contributed by atoms with Gasteiger partial charge in [0, 0.05) is 28.9 Å². The Morgan fingerprint density at radius 2 is 1.35 bits per heavy atom. The van der Waals surface area contributed by atoms with Gasteiger partial charge in [-0.05, 0) is 85.8 Å². The van der Waals surface area contributed by atoms with Gasteiger partial charge in [-0.2, -0.15) is 0 Å². The van der Waals surface area contributed by atoms with E-state index in [2.05, 4.69) is 5.32 Å². The minimum absolute atomic E-state index is 0.0720. The number of carbonyl (C=O) groups is 4. The number of benzene rings is 5. The molecule has 1 saturated carbocycles. The van der Waals surface area contributed by atoms with Crippen LogP contribution in [0.2, 0.25) is 0 Å². The lowest BCUT2D eigenvalue weighted by atomic mass is 9.51. The highest BCUT2D eigenvalue weighted by Gasteiger charge is 2.68. The third-order valence-corrected chi connectivity index (χ3v) is 12.0. The molecule has 2 saturated heterocycles. The molecule has 4 aliphatic rings. The number of nitrogens with one attached hydrogen (secondary N) is 1. The van der Waals surface area contributed by atoms with Crippen LogP contribution in [0.3, 0.4) is 0 Å². The van der Waals surface area contributed by atoms with Gasteiger partial charge in [0.2, 0.25) is 23.6 Å². The Labute approximate surface area is 318 Å². The lowest BCUT2D eigenvalue weighted by Gasteiger charge is -2.49. The van der Waals surface area contributed by atoms with E-state index >= 15 is 0 Å². The van der Waals surface area contributed by atoms with Crippen molar-refractivity contribution in [3.8, 4) is 11.5 Å². The van der Waals surface area contributed by atoms with Crippen LogP contribution in [-0.2, 0) is 25.8 Å². The lowest BCUT2D eigenvalue weighted by molar-refractivity contribution is -0.131. The average Bonchev–Trinajstić information content (AvgIpc) is 3.58. The smallest absolute Gasteiger partial charge is 0.241 e. The van der Waals surface area contributed by atoms with Crippen molar-refractivity contribution in [2.45, 2.75) is 32.3 Å². The maximum atomic E-state index is 14.7. The Morgan fingerprint density at radius 1 is 0.709 bits per heavy atom. The Kier molecular flexibility index (Phi) is 8.37. The fraction of sp³-hybridized carbons (Fsp3) is 0.217. The molecule has 2 heterocycles. The molecule has 2 N–H and O–H groups in total. The summed E-state index contributed by atoms with van der Waals surface area (Å²) >= 11 is 0. The molecule has 6 unspecified atom stereocenters. The van der Waals surface area contributed by atoms with Crippen molar-refractivity contribution in [2.24, 2.45) is 29.1 Å². The van der Waals surface area contributed by atoms with Crippen molar-refractivity contribution in [1.29, 1.82) is 0 Å². The molecule has 5 aromatic carbocycles. The fourth-order valence-corrected chi connectivity index (χ4v) is 9.42. The first kappa shape index (κ1) is 34.3. The first-order valence-electron chi connectivity index (χ1n) is 18.7. The first-order valence-corrected chi connectivity index (χ1v) is 18.7. The molecule has 0 aromatic heterocycles. The van der Waals surface area contributed by atoms with E-state index in [-0.39, 0.29) is 35.8 Å². The van der Waals surface area contributed by atoms with Crippen LogP contribution in [-0.4, -0.2) is 28.7 Å². The van der Waals surface area contributed by atoms with Crippen LogP contribution in [0.4, 0.5) is 22.7 Å². The Morgan fingerprint density at radius 3 is 2.04 bits per heavy atom. The van der Waals surface area contributed by atoms with Gasteiger partial charge < -0.3 is 15.2 Å². The van der Waals surface area contributed by atoms with Crippen LogP contribution in [0.1, 0.15) is 36.8 Å². The fourth-order valence-electron chi connectivity index (χ4n) is 9.42. The van der Waals surface area contributed by atoms with Gasteiger partial charge in [-0.1, -0.05) is 84.4 Å². The summed E-state index contributed by atoms with van der Waals surface area (Å²) in [5.41, 5.74) is 3.64. The summed E-state index contributed by atoms with van der Waals surface area (Å²) in [6, 6.07) is 40.6. The number of carbonyl (C=O) groups excluding carboxylic acids is 4. The molecule has 55 heavy (non-hydrogen) atoms. The molecule has 9 nitrogen and oxygen atoms in total. The van der Waals surface area contributed by atoms with Crippen LogP contribution in [0, 0.1) is 29.1 Å². The van der Waals surface area contributed by atoms with Gasteiger partial charge in [-0.25, -0.2) is 4.90 Å². The number of aromatic hydroxyl groups is 1. The summed E-state index contributed by atoms with van der Waals surface area (Å²) < 4.78 is 6.02. The summed E-state index contributed by atoms with van der Waals surface area (Å²) in [5.74, 6) is -4.33. The third-order valence-electron chi connectivity index (χ3n) is 12.0. The first-order chi connectivity index (χ1) is 26.7. The summed E-state index contributed by atoms with van der Waals surface area (Å²) in [6.07, 6.45) is 2.51. The van der Waals surface area contributed by atoms with E-state index in [1.165, 1.54) is 9.80 Å². The normalized spacial score (nSPS) is 25.6. The zero-order valence-electron chi connectivity index (χ0n) is 30.2. The summed E-state index contributed by atoms with van der Waals surface area (Å²) in [6.45, 7) is 2.12. The van der Waals surface area contributed by atoms with E-state index in [4.69, 9.17) is 4.74 Å². The number of imide groups is 2. The topological polar surface area (TPSA) is 116 Å². The molecule has 2 aliphatic heterocycles. The van der Waals surface area contributed by atoms with E-state index in [0.29, 0.717) is 35.7 Å². The summed E-state index contributed by atoms with van der Waals surface area (Å²) in [4.78, 5) is 60.5. The van der Waals surface area contributed by atoms with Crippen molar-refractivity contribution >= 4 is 46.4 Å². The number of hydrogen-bond acceptors (Lipinski definition) is 7. The number of allylic oxidation sites excluding steroid dienone is 2. The van der Waals surface area contributed by atoms with Crippen molar-refractivity contribution < 1.29 is 29.0 Å². The third kappa shape index (κ3) is 5.61. The number of nitrogens with zero attached hydrogens (tertiary/aromatic N) is 2. The van der Waals surface area contributed by atoms with Gasteiger partial charge in [0.1, 0.15) is 18.1 Å². The number of para-hydroxylation sites is 2. The number of hydrogen-bond donors (Lipinski definition) is 2. The Hall–Kier alpha value is -6.48. The molecule has 0 bridgehead atoms. The largest absolute Gasteiger partial charge is 0.508 e. The molecule has 274 valence electrons. The van der Waals surface area contributed by atoms with Gasteiger partial charge >= 0.3 is 0 Å². The van der Waals surface area contributed by atoms with Crippen LogP contribution in [0.25, 0.3) is 0 Å². The Balaban J connectivity index is 1.08. The molecule has 6 atom stereocenters. The van der Waals surface area contributed by atoms with Crippen molar-refractivity contribution in [3.05, 3.63) is 156 Å². The molecule has 5 aromatic rings. The maximum Gasteiger partial charge on any atom is 0.241 e. The van der Waals surface area contributed by atoms with E-state index in [0.717, 1.165) is 22.5 Å². The number of phenols is 1. The van der Waals surface area contributed by atoms with Crippen LogP contribution in [0.5, 0.6) is 11.5 Å². The number of phenolic OH excluding ortho intramolecular Hbond substituents is 1. The van der Waals surface area contributed by atoms with Crippen LogP contribution < -0.4 is 19.9 Å². The second-order valence-corrected chi connectivity index (χ2v) is 15.0. The number of anilines is 4. The molecule has 2 aliphatic carbocycles. The highest BCUT2D eigenvalue weighted by molar-refractivity contribution is 6.25. The second-order valence-electron chi connectivity index (χ2n) is 15.0. The predicted octanol–water partition coefficient (Wildman–Crippen LogP) is 8.15. The van der Waals surface area contributed by atoms with E-state index in [1.54, 1.807) is 54.6 Å². The molecule has 0 radical (unpaired) electrons. The average molecular weight is 730 g/mol. The van der Waals surface area contributed by atoms with Crippen molar-refractivity contribution in [2.75, 3.05) is 15.1 Å². The van der Waals surface area contributed by atoms with E-state index in [9.17, 15) is 24.3 Å². The molecule has 4 amide bonds. The minimum atomic E-state index is -1.28. The molecule has 9 rings (SSSR count). The van der Waals surface area contributed by atoms with Gasteiger partial charge in [0.05, 0.1) is 34.5 Å². The van der Waals surface area contributed by atoms with Gasteiger partial charge in [0.15, 0.2) is 0 Å². The van der Waals surface area contributed by atoms with Gasteiger partial charge in [-0.3, -0.25) is 24.1 Å². The number of rotatable bonds is 8. The number of fused-ring (bicyclic) bond motifs is 4. The van der Waals surface area contributed by atoms with E-state index < -0.39 is 35.0 Å². The summed E-state index contributed by atoms with van der Waals surface area (Å²) in [7, 11) is 0. The molecular formula is C46H39N3O6.